The summed E-state index contributed by atoms with van der Waals surface area (Å²) in [7, 11) is 0. The number of nitrogens with one attached hydrogen (secondary N) is 1. The second-order valence-electron chi connectivity index (χ2n) is 4.07. The molecule has 92 valence electrons. The summed E-state index contributed by atoms with van der Waals surface area (Å²) in [5.41, 5.74) is 14.2. The van der Waals surface area contributed by atoms with Gasteiger partial charge in [-0.2, -0.15) is 0 Å². The van der Waals surface area contributed by atoms with Gasteiger partial charge in [-0.05, 0) is 29.3 Å². The largest absolute Gasteiger partial charge is 0.384 e. The maximum absolute atomic E-state index is 7.43. The summed E-state index contributed by atoms with van der Waals surface area (Å²) in [6, 6.07) is 14.5. The van der Waals surface area contributed by atoms with Crippen molar-refractivity contribution in [3.8, 4) is 0 Å². The van der Waals surface area contributed by atoms with Crippen LogP contribution in [0.1, 0.15) is 22.7 Å². The molecule has 0 spiro atoms. The van der Waals surface area contributed by atoms with Gasteiger partial charge in [0.25, 0.3) is 0 Å². The van der Waals surface area contributed by atoms with E-state index in [0.717, 1.165) is 11.1 Å². The van der Waals surface area contributed by atoms with Gasteiger partial charge in [0.2, 0.25) is 0 Å². The average molecular weight is 260 g/mol. The minimum Gasteiger partial charge on any atom is -0.384 e. The topological polar surface area (TPSA) is 75.9 Å². The van der Waals surface area contributed by atoms with Crippen LogP contribution in [0.5, 0.6) is 0 Å². The predicted octanol–water partition coefficient (Wildman–Crippen LogP) is 2.67. The molecule has 2 rings (SSSR count). The zero-order valence-corrected chi connectivity index (χ0v) is 10.5. The van der Waals surface area contributed by atoms with E-state index in [2.05, 4.69) is 0 Å². The fraction of sp³-hybridized carbons (Fsp3) is 0.0714. The smallest absolute Gasteiger partial charge is 0.122 e. The van der Waals surface area contributed by atoms with Crippen molar-refractivity contribution >= 4 is 17.4 Å². The molecular formula is C14H14ClN3. The molecule has 0 amide bonds. The molecule has 0 heterocycles. The van der Waals surface area contributed by atoms with Crippen molar-refractivity contribution in [2.75, 3.05) is 0 Å². The summed E-state index contributed by atoms with van der Waals surface area (Å²) in [6.45, 7) is 0. The Morgan fingerprint density at radius 1 is 1.06 bits per heavy atom. The van der Waals surface area contributed by atoms with Crippen LogP contribution in [0.25, 0.3) is 0 Å². The highest BCUT2D eigenvalue weighted by molar-refractivity contribution is 6.30. The lowest BCUT2D eigenvalue weighted by Gasteiger charge is -2.13. The predicted molar refractivity (Wildman–Crippen MR) is 74.9 cm³/mol. The molecule has 1 atom stereocenters. The Morgan fingerprint density at radius 2 is 1.67 bits per heavy atom. The average Bonchev–Trinajstić information content (AvgIpc) is 2.38. The van der Waals surface area contributed by atoms with E-state index in [4.69, 9.17) is 28.5 Å². The standard InChI is InChI=1S/C14H14ClN3/c15-12-6-2-4-10(8-12)13(16)9-3-1-5-11(7-9)14(17)18/h1-8,13H,16H2,(H3,17,18). The van der Waals surface area contributed by atoms with E-state index >= 15 is 0 Å². The van der Waals surface area contributed by atoms with Crippen molar-refractivity contribution in [3.05, 3.63) is 70.2 Å². The van der Waals surface area contributed by atoms with Crippen molar-refractivity contribution in [2.24, 2.45) is 11.5 Å². The first kappa shape index (κ1) is 12.6. The summed E-state index contributed by atoms with van der Waals surface area (Å²) in [6.07, 6.45) is 0. The molecule has 1 unspecified atom stereocenters. The Morgan fingerprint density at radius 3 is 2.28 bits per heavy atom. The van der Waals surface area contributed by atoms with E-state index in [1.807, 2.05) is 42.5 Å². The summed E-state index contributed by atoms with van der Waals surface area (Å²) in [4.78, 5) is 0. The number of rotatable bonds is 3. The van der Waals surface area contributed by atoms with Crippen LogP contribution in [0, 0.1) is 5.41 Å². The number of nitrogen functional groups attached to an aromatic ring is 1. The monoisotopic (exact) mass is 259 g/mol. The van der Waals surface area contributed by atoms with Crippen molar-refractivity contribution in [2.45, 2.75) is 6.04 Å². The van der Waals surface area contributed by atoms with Gasteiger partial charge in [0.05, 0.1) is 6.04 Å². The van der Waals surface area contributed by atoms with Crippen LogP contribution in [0.4, 0.5) is 0 Å². The van der Waals surface area contributed by atoms with Crippen molar-refractivity contribution in [1.82, 2.24) is 0 Å². The van der Waals surface area contributed by atoms with Gasteiger partial charge in [-0.3, -0.25) is 5.41 Å². The second-order valence-corrected chi connectivity index (χ2v) is 4.51. The third-order valence-electron chi connectivity index (χ3n) is 2.76. The highest BCUT2D eigenvalue weighted by Crippen LogP contribution is 2.22. The van der Waals surface area contributed by atoms with Crippen LogP contribution < -0.4 is 11.5 Å². The van der Waals surface area contributed by atoms with Gasteiger partial charge in [-0.1, -0.05) is 41.9 Å². The molecule has 0 aliphatic rings. The molecule has 0 saturated carbocycles. The highest BCUT2D eigenvalue weighted by atomic mass is 35.5. The molecule has 0 aliphatic carbocycles. The number of benzene rings is 2. The van der Waals surface area contributed by atoms with Crippen LogP contribution in [-0.4, -0.2) is 5.84 Å². The first-order valence-electron chi connectivity index (χ1n) is 5.53. The SMILES string of the molecule is N=C(N)c1cccc(C(N)c2cccc(Cl)c2)c1. The molecule has 0 aliphatic heterocycles. The number of amidine groups is 1. The summed E-state index contributed by atoms with van der Waals surface area (Å²) < 4.78 is 0. The van der Waals surface area contributed by atoms with E-state index in [1.165, 1.54) is 0 Å². The van der Waals surface area contributed by atoms with Gasteiger partial charge in [0.1, 0.15) is 5.84 Å². The van der Waals surface area contributed by atoms with Crippen molar-refractivity contribution in [1.29, 1.82) is 5.41 Å². The molecule has 4 heteroatoms. The van der Waals surface area contributed by atoms with E-state index in [9.17, 15) is 0 Å². The van der Waals surface area contributed by atoms with Gasteiger partial charge >= 0.3 is 0 Å². The van der Waals surface area contributed by atoms with Gasteiger partial charge in [0.15, 0.2) is 0 Å². The molecule has 0 aromatic heterocycles. The highest BCUT2D eigenvalue weighted by Gasteiger charge is 2.10. The zero-order valence-electron chi connectivity index (χ0n) is 9.73. The van der Waals surface area contributed by atoms with E-state index in [-0.39, 0.29) is 11.9 Å². The van der Waals surface area contributed by atoms with E-state index < -0.39 is 0 Å². The molecule has 0 saturated heterocycles. The fourth-order valence-corrected chi connectivity index (χ4v) is 1.99. The second kappa shape index (κ2) is 5.21. The fourth-order valence-electron chi connectivity index (χ4n) is 1.79. The molecule has 5 N–H and O–H groups in total. The Hall–Kier alpha value is -1.84. The molecule has 3 nitrogen and oxygen atoms in total. The summed E-state index contributed by atoms with van der Waals surface area (Å²) in [5, 5.41) is 8.09. The molecule has 0 radical (unpaired) electrons. The Bertz CT molecular complexity index is 581. The lowest BCUT2D eigenvalue weighted by Crippen LogP contribution is -2.15. The molecule has 0 fully saturated rings. The molecule has 2 aromatic rings. The number of hydrogen-bond donors (Lipinski definition) is 3. The quantitative estimate of drug-likeness (QED) is 0.585. The first-order valence-corrected chi connectivity index (χ1v) is 5.91. The Balaban J connectivity index is 2.36. The van der Waals surface area contributed by atoms with Crippen molar-refractivity contribution < 1.29 is 0 Å². The molecule has 2 aromatic carbocycles. The first-order chi connectivity index (χ1) is 8.58. The number of halogens is 1. The Kier molecular flexibility index (Phi) is 3.65. The maximum atomic E-state index is 7.43. The van der Waals surface area contributed by atoms with Gasteiger partial charge in [-0.25, -0.2) is 0 Å². The number of nitrogens with two attached hydrogens (primary N) is 2. The minimum absolute atomic E-state index is 0.0372. The van der Waals surface area contributed by atoms with Crippen LogP contribution in [-0.2, 0) is 0 Å². The molecular weight excluding hydrogens is 246 g/mol. The normalized spacial score (nSPS) is 12.1. The van der Waals surface area contributed by atoms with Crippen LogP contribution in [0.2, 0.25) is 5.02 Å². The minimum atomic E-state index is -0.275. The maximum Gasteiger partial charge on any atom is 0.122 e. The lowest BCUT2D eigenvalue weighted by atomic mass is 9.98. The third kappa shape index (κ3) is 2.70. The zero-order chi connectivity index (χ0) is 13.1. The summed E-state index contributed by atoms with van der Waals surface area (Å²) in [5.74, 6) is 0.0372. The summed E-state index contributed by atoms with van der Waals surface area (Å²) >= 11 is 5.95. The Labute approximate surface area is 111 Å². The van der Waals surface area contributed by atoms with Gasteiger partial charge in [-0.15, -0.1) is 0 Å². The number of hydrogen-bond acceptors (Lipinski definition) is 2. The van der Waals surface area contributed by atoms with Gasteiger partial charge in [0, 0.05) is 10.6 Å². The lowest BCUT2D eigenvalue weighted by molar-refractivity contribution is 0.871. The van der Waals surface area contributed by atoms with Gasteiger partial charge < -0.3 is 11.5 Å². The van der Waals surface area contributed by atoms with Crippen LogP contribution >= 0.6 is 11.6 Å². The van der Waals surface area contributed by atoms with Crippen LogP contribution in [0.15, 0.2) is 48.5 Å². The van der Waals surface area contributed by atoms with Crippen LogP contribution in [0.3, 0.4) is 0 Å². The van der Waals surface area contributed by atoms with Crippen molar-refractivity contribution in [3.63, 3.8) is 0 Å². The third-order valence-corrected chi connectivity index (χ3v) is 3.00. The molecule has 18 heavy (non-hydrogen) atoms. The van der Waals surface area contributed by atoms with E-state index in [1.54, 1.807) is 6.07 Å². The van der Waals surface area contributed by atoms with E-state index in [0.29, 0.717) is 10.6 Å². The molecule has 0 bridgehead atoms.